The number of nitrogens with one attached hydrogen (secondary N) is 3. The molecule has 0 aliphatic rings. The molecule has 2 rings (SSSR count). The highest BCUT2D eigenvalue weighted by atomic mass is 32.2. The maximum absolute atomic E-state index is 11.3. The lowest BCUT2D eigenvalue weighted by Gasteiger charge is -2.07. The van der Waals surface area contributed by atoms with Crippen LogP contribution in [0.15, 0.2) is 34.0 Å². The molecule has 1 aromatic carbocycles. The van der Waals surface area contributed by atoms with Crippen molar-refractivity contribution in [2.24, 2.45) is 0 Å². The van der Waals surface area contributed by atoms with Crippen molar-refractivity contribution in [1.29, 1.82) is 0 Å². The molecule has 9 nitrogen and oxygen atoms in total. The van der Waals surface area contributed by atoms with Crippen molar-refractivity contribution in [3.8, 4) is 0 Å². The van der Waals surface area contributed by atoms with E-state index in [1.54, 1.807) is 13.1 Å². The van der Waals surface area contributed by atoms with E-state index in [0.29, 0.717) is 5.69 Å². The molecule has 0 aliphatic carbocycles. The molecule has 0 atom stereocenters. The van der Waals surface area contributed by atoms with Gasteiger partial charge in [0.25, 0.3) is 10.1 Å². The van der Waals surface area contributed by atoms with E-state index < -0.39 is 15.8 Å². The molecule has 0 radical (unpaired) electrons. The van der Waals surface area contributed by atoms with Gasteiger partial charge in [0, 0.05) is 12.7 Å². The maximum Gasteiger partial charge on any atom is 0.351 e. The van der Waals surface area contributed by atoms with Gasteiger partial charge < -0.3 is 10.6 Å². The summed E-state index contributed by atoms with van der Waals surface area (Å²) in [6.45, 7) is 0. The highest BCUT2D eigenvalue weighted by Crippen LogP contribution is 2.17. The summed E-state index contributed by atoms with van der Waals surface area (Å²) in [5.74, 6) is 0.198. The summed E-state index contributed by atoms with van der Waals surface area (Å²) in [5.41, 5.74) is -0.283. The van der Waals surface area contributed by atoms with E-state index in [1.165, 1.54) is 18.2 Å². The topological polar surface area (TPSA) is 137 Å². The third kappa shape index (κ3) is 3.30. The lowest BCUT2D eigenvalue weighted by molar-refractivity contribution is 0.483. The average Bonchev–Trinajstić information content (AvgIpc) is 2.37. The van der Waals surface area contributed by atoms with Crippen LogP contribution in [0.1, 0.15) is 0 Å². The van der Waals surface area contributed by atoms with Gasteiger partial charge in [0.1, 0.15) is 0 Å². The quantitative estimate of drug-likeness (QED) is 0.587. The molecule has 20 heavy (non-hydrogen) atoms. The molecule has 0 fully saturated rings. The Labute approximate surface area is 113 Å². The van der Waals surface area contributed by atoms with Gasteiger partial charge in [-0.15, -0.1) is 0 Å². The fourth-order valence-electron chi connectivity index (χ4n) is 1.43. The second kappa shape index (κ2) is 5.27. The van der Waals surface area contributed by atoms with Gasteiger partial charge in [0.2, 0.25) is 11.9 Å². The zero-order valence-corrected chi connectivity index (χ0v) is 11.1. The summed E-state index contributed by atoms with van der Waals surface area (Å²) >= 11 is 0. The normalized spacial score (nSPS) is 11.1. The molecule has 0 amide bonds. The molecule has 0 bridgehead atoms. The van der Waals surface area contributed by atoms with Crippen molar-refractivity contribution in [1.82, 2.24) is 15.0 Å². The number of nitrogens with zero attached hydrogens (tertiary/aromatic N) is 2. The Balaban J connectivity index is 2.35. The van der Waals surface area contributed by atoms with E-state index in [4.69, 9.17) is 4.55 Å². The van der Waals surface area contributed by atoms with Crippen LogP contribution in [0.4, 0.5) is 17.6 Å². The van der Waals surface area contributed by atoms with Gasteiger partial charge in [-0.3, -0.25) is 9.54 Å². The smallest absolute Gasteiger partial charge is 0.351 e. The standard InChI is InChI=1S/C10H11N5O4S/c1-11-8-13-9(15-10(16)14-8)12-6-3-2-4-7(5-6)20(17,18)19/h2-5H,1H3,(H,17,18,19)(H3,11,12,13,14,15,16). The minimum Gasteiger partial charge on any atom is -0.357 e. The molecule has 1 heterocycles. The molecular formula is C10H11N5O4S. The maximum atomic E-state index is 11.3. The monoisotopic (exact) mass is 297 g/mol. The van der Waals surface area contributed by atoms with E-state index in [9.17, 15) is 13.2 Å². The fraction of sp³-hybridized carbons (Fsp3) is 0.100. The predicted molar refractivity (Wildman–Crippen MR) is 71.7 cm³/mol. The fourth-order valence-corrected chi connectivity index (χ4v) is 1.95. The van der Waals surface area contributed by atoms with E-state index >= 15 is 0 Å². The summed E-state index contributed by atoms with van der Waals surface area (Å²) in [6.07, 6.45) is 0. The first-order valence-corrected chi connectivity index (χ1v) is 6.83. The molecule has 0 unspecified atom stereocenters. The van der Waals surface area contributed by atoms with Crippen LogP contribution < -0.4 is 16.3 Å². The number of hydrogen-bond donors (Lipinski definition) is 4. The van der Waals surface area contributed by atoms with Crippen molar-refractivity contribution in [2.45, 2.75) is 4.90 Å². The van der Waals surface area contributed by atoms with Crippen LogP contribution in [0.2, 0.25) is 0 Å². The number of hydrogen-bond acceptors (Lipinski definition) is 7. The van der Waals surface area contributed by atoms with Crippen LogP contribution in [0.3, 0.4) is 0 Å². The first kappa shape index (κ1) is 14.0. The summed E-state index contributed by atoms with van der Waals surface area (Å²) in [6, 6.07) is 5.43. The largest absolute Gasteiger partial charge is 0.357 e. The van der Waals surface area contributed by atoms with Crippen molar-refractivity contribution >= 4 is 27.7 Å². The van der Waals surface area contributed by atoms with E-state index in [2.05, 4.69) is 25.6 Å². The number of rotatable bonds is 4. The molecule has 0 spiro atoms. The zero-order valence-electron chi connectivity index (χ0n) is 10.3. The van der Waals surface area contributed by atoms with Gasteiger partial charge in [-0.05, 0) is 18.2 Å². The van der Waals surface area contributed by atoms with Crippen molar-refractivity contribution in [2.75, 3.05) is 17.7 Å². The Morgan fingerprint density at radius 1 is 1.30 bits per heavy atom. The third-order valence-electron chi connectivity index (χ3n) is 2.27. The van der Waals surface area contributed by atoms with Crippen molar-refractivity contribution in [3.63, 3.8) is 0 Å². The van der Waals surface area contributed by atoms with E-state index in [0.717, 1.165) is 0 Å². The highest BCUT2D eigenvalue weighted by Gasteiger charge is 2.10. The van der Waals surface area contributed by atoms with Gasteiger partial charge in [0.15, 0.2) is 0 Å². The van der Waals surface area contributed by atoms with Gasteiger partial charge in [-0.25, -0.2) is 4.79 Å². The molecule has 1 aromatic heterocycles. The summed E-state index contributed by atoms with van der Waals surface area (Å²) in [7, 11) is -2.74. The van der Waals surface area contributed by atoms with Gasteiger partial charge in [0.05, 0.1) is 4.90 Å². The minimum absolute atomic E-state index is 0.0850. The molecule has 0 saturated carbocycles. The van der Waals surface area contributed by atoms with Gasteiger partial charge in [-0.1, -0.05) is 6.07 Å². The Hall–Kier alpha value is -2.46. The molecule has 2 aromatic rings. The first-order valence-electron chi connectivity index (χ1n) is 5.39. The molecular weight excluding hydrogens is 286 g/mol. The van der Waals surface area contributed by atoms with Crippen molar-refractivity contribution in [3.05, 3.63) is 34.7 Å². The Bertz CT molecular complexity index is 786. The molecule has 0 aliphatic heterocycles. The number of anilines is 3. The second-order valence-electron chi connectivity index (χ2n) is 3.70. The van der Waals surface area contributed by atoms with E-state index in [1.807, 2.05) is 0 Å². The Morgan fingerprint density at radius 2 is 2.05 bits per heavy atom. The minimum atomic E-state index is -4.30. The SMILES string of the molecule is CNc1nc(Nc2cccc(S(=O)(=O)O)c2)[nH]c(=O)n1. The Morgan fingerprint density at radius 3 is 2.70 bits per heavy atom. The summed E-state index contributed by atoms with van der Waals surface area (Å²) in [4.78, 5) is 20.8. The van der Waals surface area contributed by atoms with Gasteiger partial charge >= 0.3 is 5.69 Å². The van der Waals surface area contributed by atoms with Gasteiger partial charge in [-0.2, -0.15) is 18.4 Å². The number of H-pyrrole nitrogens is 1. The van der Waals surface area contributed by atoms with Crippen LogP contribution in [-0.4, -0.2) is 35.0 Å². The second-order valence-corrected chi connectivity index (χ2v) is 5.13. The van der Waals surface area contributed by atoms with Crippen LogP contribution in [0.5, 0.6) is 0 Å². The summed E-state index contributed by atoms with van der Waals surface area (Å²) < 4.78 is 31.0. The van der Waals surface area contributed by atoms with E-state index in [-0.39, 0.29) is 16.8 Å². The average molecular weight is 297 g/mol. The summed E-state index contributed by atoms with van der Waals surface area (Å²) in [5, 5.41) is 5.32. The first-order chi connectivity index (χ1) is 9.38. The van der Waals surface area contributed by atoms with Crippen LogP contribution in [0, 0.1) is 0 Å². The lowest BCUT2D eigenvalue weighted by Crippen LogP contribution is -2.16. The number of benzene rings is 1. The lowest BCUT2D eigenvalue weighted by atomic mass is 10.3. The van der Waals surface area contributed by atoms with Crippen LogP contribution in [0.25, 0.3) is 0 Å². The zero-order chi connectivity index (χ0) is 14.8. The Kier molecular flexibility index (Phi) is 3.68. The molecule has 10 heteroatoms. The van der Waals surface area contributed by atoms with Crippen molar-refractivity contribution < 1.29 is 13.0 Å². The number of aromatic amines is 1. The van der Waals surface area contributed by atoms with Crippen LogP contribution in [-0.2, 0) is 10.1 Å². The van der Waals surface area contributed by atoms with Crippen LogP contribution >= 0.6 is 0 Å². The highest BCUT2D eigenvalue weighted by molar-refractivity contribution is 7.85. The molecule has 0 saturated heterocycles. The number of aromatic nitrogens is 3. The molecule has 106 valence electrons. The molecule has 4 N–H and O–H groups in total. The third-order valence-corrected chi connectivity index (χ3v) is 3.12. The predicted octanol–water partition coefficient (Wildman–Crippen LogP) is 0.197.